The molecule has 21 heavy (non-hydrogen) atoms. The second-order valence-electron chi connectivity index (χ2n) is 4.03. The van der Waals surface area contributed by atoms with Crippen molar-refractivity contribution in [1.29, 1.82) is 0 Å². The van der Waals surface area contributed by atoms with E-state index < -0.39 is 5.97 Å². The van der Waals surface area contributed by atoms with Gasteiger partial charge in [-0.1, -0.05) is 6.58 Å². The number of ether oxygens (including phenoxy) is 1. The van der Waals surface area contributed by atoms with E-state index in [-0.39, 0.29) is 0 Å². The summed E-state index contributed by atoms with van der Waals surface area (Å²) in [5, 5.41) is 8.09. The van der Waals surface area contributed by atoms with Crippen LogP contribution in [0.5, 0.6) is 5.75 Å². The fraction of sp³-hybridized carbons (Fsp3) is 0. The van der Waals surface area contributed by atoms with Crippen molar-refractivity contribution in [2.45, 2.75) is 0 Å². The first-order valence-electron chi connectivity index (χ1n) is 6.12. The van der Waals surface area contributed by atoms with E-state index in [1.807, 2.05) is 0 Å². The van der Waals surface area contributed by atoms with Crippen LogP contribution in [-0.2, 0) is 4.79 Å². The van der Waals surface area contributed by atoms with Crippen molar-refractivity contribution in [3.8, 4) is 5.75 Å². The minimum Gasteiger partial charge on any atom is -0.423 e. The molecule has 0 N–H and O–H groups in total. The van der Waals surface area contributed by atoms with E-state index in [0.29, 0.717) is 22.7 Å². The molecule has 0 saturated carbocycles. The van der Waals surface area contributed by atoms with E-state index in [2.05, 4.69) is 16.8 Å². The maximum Gasteiger partial charge on any atom is 0.335 e. The van der Waals surface area contributed by atoms with Gasteiger partial charge in [-0.25, -0.2) is 4.79 Å². The Kier molecular flexibility index (Phi) is 4.71. The first-order chi connectivity index (χ1) is 10.2. The quantitative estimate of drug-likeness (QED) is 0.273. The lowest BCUT2D eigenvalue weighted by molar-refractivity contribution is -0.128. The molecule has 2 aromatic carbocycles. The molecule has 104 valence electrons. The van der Waals surface area contributed by atoms with Gasteiger partial charge in [0.2, 0.25) is 0 Å². The highest BCUT2D eigenvalue weighted by Crippen LogP contribution is 2.21. The molecule has 0 unspecified atom stereocenters. The largest absolute Gasteiger partial charge is 0.423 e. The monoisotopic (exact) mass is 280 g/mol. The van der Waals surface area contributed by atoms with E-state index in [4.69, 9.17) is 4.74 Å². The Hall–Kier alpha value is -3.08. The van der Waals surface area contributed by atoms with Crippen molar-refractivity contribution in [3.63, 3.8) is 0 Å². The van der Waals surface area contributed by atoms with E-state index in [1.54, 1.807) is 48.5 Å². The summed E-state index contributed by atoms with van der Waals surface area (Å²) in [6.45, 7) is 3.32. The minimum atomic E-state index is -0.514. The van der Waals surface area contributed by atoms with Crippen LogP contribution < -0.4 is 4.74 Å². The number of hydrogen-bond acceptors (Lipinski definition) is 5. The molecule has 2 rings (SSSR count). The summed E-state index contributed by atoms with van der Waals surface area (Å²) < 4.78 is 4.94. The first-order valence-corrected chi connectivity index (χ1v) is 6.12. The number of carbonyl (C=O) groups is 2. The van der Waals surface area contributed by atoms with Gasteiger partial charge in [-0.2, -0.15) is 10.2 Å². The number of hydrogen-bond donors (Lipinski definition) is 0. The highest BCUT2D eigenvalue weighted by molar-refractivity contribution is 5.83. The summed E-state index contributed by atoms with van der Waals surface area (Å²) in [6, 6.07) is 13.3. The Bertz CT molecular complexity index is 674. The fourth-order valence-corrected chi connectivity index (χ4v) is 1.47. The Morgan fingerprint density at radius 2 is 1.48 bits per heavy atom. The Morgan fingerprint density at radius 3 is 1.95 bits per heavy atom. The van der Waals surface area contributed by atoms with Crippen molar-refractivity contribution in [1.82, 2.24) is 0 Å². The van der Waals surface area contributed by atoms with Crippen molar-refractivity contribution in [2.24, 2.45) is 10.2 Å². The van der Waals surface area contributed by atoms with E-state index in [9.17, 15) is 9.59 Å². The summed E-state index contributed by atoms with van der Waals surface area (Å²) >= 11 is 0. The molecule has 0 amide bonds. The van der Waals surface area contributed by atoms with Crippen molar-refractivity contribution < 1.29 is 14.3 Å². The number of aldehydes is 1. The molecular weight excluding hydrogens is 268 g/mol. The topological polar surface area (TPSA) is 68.1 Å². The van der Waals surface area contributed by atoms with Crippen LogP contribution in [0.4, 0.5) is 11.4 Å². The predicted molar refractivity (Wildman–Crippen MR) is 78.3 cm³/mol. The van der Waals surface area contributed by atoms with Gasteiger partial charge < -0.3 is 4.74 Å². The third-order valence-corrected chi connectivity index (χ3v) is 2.53. The lowest BCUT2D eigenvalue weighted by Crippen LogP contribution is -2.02. The van der Waals surface area contributed by atoms with Crippen LogP contribution in [0.15, 0.2) is 71.4 Å². The zero-order valence-corrected chi connectivity index (χ0v) is 11.1. The molecule has 2 aromatic rings. The van der Waals surface area contributed by atoms with E-state index in [1.165, 1.54) is 0 Å². The molecule has 0 fully saturated rings. The average molecular weight is 280 g/mol. The Balaban J connectivity index is 2.04. The van der Waals surface area contributed by atoms with Crippen LogP contribution >= 0.6 is 0 Å². The summed E-state index contributed by atoms with van der Waals surface area (Å²) in [6.07, 6.45) is 1.86. The number of azo groups is 1. The molecule has 0 aliphatic heterocycles. The fourth-order valence-electron chi connectivity index (χ4n) is 1.47. The maximum absolute atomic E-state index is 11.0. The zero-order valence-electron chi connectivity index (χ0n) is 11.1. The van der Waals surface area contributed by atoms with Gasteiger partial charge >= 0.3 is 5.97 Å². The van der Waals surface area contributed by atoms with E-state index in [0.717, 1.165) is 12.4 Å². The van der Waals surface area contributed by atoms with E-state index >= 15 is 0 Å². The second kappa shape index (κ2) is 6.91. The molecule has 5 nitrogen and oxygen atoms in total. The molecule has 0 saturated heterocycles. The third-order valence-electron chi connectivity index (χ3n) is 2.53. The molecule has 0 atom stereocenters. The standard InChI is InChI=1S/C16H12N2O3/c1-2-16(20)21-15-9-7-14(8-10-15)18-17-13-5-3-12(11-19)4-6-13/h2-11H,1H2. The Morgan fingerprint density at radius 1 is 0.952 bits per heavy atom. The van der Waals surface area contributed by atoms with Gasteiger partial charge in [0.25, 0.3) is 0 Å². The normalized spacial score (nSPS) is 10.3. The van der Waals surface area contributed by atoms with Gasteiger partial charge in [-0.05, 0) is 48.5 Å². The molecule has 0 aliphatic carbocycles. The second-order valence-corrected chi connectivity index (χ2v) is 4.03. The van der Waals surface area contributed by atoms with Crippen LogP contribution in [-0.4, -0.2) is 12.3 Å². The molecular formula is C16H12N2O3. The van der Waals surface area contributed by atoms with Crippen LogP contribution in [0.1, 0.15) is 10.4 Å². The van der Waals surface area contributed by atoms with Gasteiger partial charge in [0.1, 0.15) is 12.0 Å². The predicted octanol–water partition coefficient (Wildman–Crippen LogP) is 4.01. The number of benzene rings is 2. The van der Waals surface area contributed by atoms with Crippen molar-refractivity contribution >= 4 is 23.6 Å². The molecule has 0 aromatic heterocycles. The summed E-state index contributed by atoms with van der Waals surface area (Å²) in [7, 11) is 0. The number of rotatable bonds is 5. The van der Waals surface area contributed by atoms with Gasteiger partial charge in [-0.15, -0.1) is 0 Å². The van der Waals surface area contributed by atoms with Crippen molar-refractivity contribution in [2.75, 3.05) is 0 Å². The number of nitrogens with zero attached hydrogens (tertiary/aromatic N) is 2. The van der Waals surface area contributed by atoms with Gasteiger partial charge in [0.05, 0.1) is 11.4 Å². The SMILES string of the molecule is C=CC(=O)Oc1ccc(N=Nc2ccc(C=O)cc2)cc1. The first kappa shape index (κ1) is 14.3. The molecule has 0 radical (unpaired) electrons. The van der Waals surface area contributed by atoms with Crippen molar-refractivity contribution in [3.05, 3.63) is 66.7 Å². The molecule has 0 heterocycles. The van der Waals surface area contributed by atoms with Gasteiger partial charge in [-0.3, -0.25) is 4.79 Å². The highest BCUT2D eigenvalue weighted by atomic mass is 16.5. The zero-order chi connectivity index (χ0) is 15.1. The third kappa shape index (κ3) is 4.21. The maximum atomic E-state index is 11.0. The summed E-state index contributed by atoms with van der Waals surface area (Å²) in [5.74, 6) is -0.103. The van der Waals surface area contributed by atoms with Gasteiger partial charge in [0.15, 0.2) is 0 Å². The number of carbonyl (C=O) groups excluding carboxylic acids is 2. The lowest BCUT2D eigenvalue weighted by atomic mass is 10.2. The Labute approximate surface area is 121 Å². The summed E-state index contributed by atoms with van der Waals surface area (Å²) in [4.78, 5) is 21.6. The minimum absolute atomic E-state index is 0.411. The average Bonchev–Trinajstić information content (AvgIpc) is 2.54. The lowest BCUT2D eigenvalue weighted by Gasteiger charge is -2.00. The smallest absolute Gasteiger partial charge is 0.335 e. The van der Waals surface area contributed by atoms with Crippen LogP contribution in [0.3, 0.4) is 0 Å². The van der Waals surface area contributed by atoms with Gasteiger partial charge in [0, 0.05) is 11.6 Å². The number of esters is 1. The summed E-state index contributed by atoms with van der Waals surface area (Å²) in [5.41, 5.74) is 1.85. The highest BCUT2D eigenvalue weighted by Gasteiger charge is 1.99. The van der Waals surface area contributed by atoms with Crippen LogP contribution in [0.25, 0.3) is 0 Å². The molecule has 0 spiro atoms. The van der Waals surface area contributed by atoms with Crippen LogP contribution in [0.2, 0.25) is 0 Å². The molecule has 0 aliphatic rings. The molecule has 5 heteroatoms. The van der Waals surface area contributed by atoms with Crippen LogP contribution in [0, 0.1) is 0 Å². The molecule has 0 bridgehead atoms.